The van der Waals surface area contributed by atoms with Gasteiger partial charge < -0.3 is 0 Å². The highest BCUT2D eigenvalue weighted by Crippen LogP contribution is 2.06. The maximum absolute atomic E-state index is 11.1. The normalized spacial score (nSPS) is 10.1. The van der Waals surface area contributed by atoms with Gasteiger partial charge in [-0.15, -0.1) is 0 Å². The van der Waals surface area contributed by atoms with E-state index < -0.39 is 0 Å². The predicted molar refractivity (Wildman–Crippen MR) is 53.2 cm³/mol. The zero-order chi connectivity index (χ0) is 10.4. The highest BCUT2D eigenvalue weighted by molar-refractivity contribution is 5.94. The van der Waals surface area contributed by atoms with Crippen molar-refractivity contribution >= 4 is 18.3 Å². The third-order valence-corrected chi connectivity index (χ3v) is 1.65. The Bertz CT molecular complexity index is 372. The molecule has 0 saturated carbocycles. The maximum Gasteiger partial charge on any atom is 0.265 e. The topological polar surface area (TPSA) is 72.2 Å². The molecule has 0 saturated heterocycles. The number of hydrogen-bond donors (Lipinski definition) is 2. The minimum atomic E-state index is -0.355. The molecule has 72 valence electrons. The number of amides is 1. The minimum Gasteiger partial charge on any atom is -0.299 e. The zero-order valence-electron chi connectivity index (χ0n) is 7.44. The summed E-state index contributed by atoms with van der Waals surface area (Å²) in [7, 11) is 0. The molecule has 0 aliphatic heterocycles. The zero-order valence-corrected chi connectivity index (χ0v) is 7.44. The summed E-state index contributed by atoms with van der Waals surface area (Å²) in [6.07, 6.45) is 3.65. The van der Waals surface area contributed by atoms with E-state index in [9.17, 15) is 9.59 Å². The van der Waals surface area contributed by atoms with Crippen molar-refractivity contribution in [1.29, 1.82) is 0 Å². The van der Waals surface area contributed by atoms with E-state index >= 15 is 0 Å². The van der Waals surface area contributed by atoms with Gasteiger partial charge >= 0.3 is 0 Å². The van der Waals surface area contributed by atoms with Crippen LogP contribution in [0.2, 0.25) is 0 Å². The summed E-state index contributed by atoms with van der Waals surface area (Å²) in [5.74, 6) is 4.63. The fourth-order valence-electron chi connectivity index (χ4n) is 1.02. The smallest absolute Gasteiger partial charge is 0.265 e. The molecular formula is C10H10N2O2. The molecule has 14 heavy (non-hydrogen) atoms. The van der Waals surface area contributed by atoms with Crippen molar-refractivity contribution in [3.63, 3.8) is 0 Å². The monoisotopic (exact) mass is 190 g/mol. The number of aldehydes is 1. The van der Waals surface area contributed by atoms with Crippen LogP contribution in [0.25, 0.3) is 6.08 Å². The molecule has 0 spiro atoms. The molecule has 0 unspecified atom stereocenters. The standard InChI is InChI=1S/C10H10N2O2/c11-12-10(14)9-5-1-3-8(7-9)4-2-6-13/h1-7H,11H2,(H,12,14). The van der Waals surface area contributed by atoms with Crippen molar-refractivity contribution in [2.45, 2.75) is 0 Å². The number of rotatable bonds is 3. The Hall–Kier alpha value is -1.94. The van der Waals surface area contributed by atoms with Gasteiger partial charge in [-0.1, -0.05) is 18.2 Å². The van der Waals surface area contributed by atoms with Crippen LogP contribution in [-0.4, -0.2) is 12.2 Å². The van der Waals surface area contributed by atoms with Crippen molar-refractivity contribution in [3.8, 4) is 0 Å². The Kier molecular flexibility index (Phi) is 3.58. The lowest BCUT2D eigenvalue weighted by Crippen LogP contribution is -2.29. The molecule has 4 heteroatoms. The predicted octanol–water partition coefficient (Wildman–Crippen LogP) is 0.502. The average Bonchev–Trinajstić information content (AvgIpc) is 2.25. The van der Waals surface area contributed by atoms with Crippen LogP contribution in [0.3, 0.4) is 0 Å². The van der Waals surface area contributed by atoms with E-state index in [1.807, 2.05) is 5.43 Å². The number of hydrazine groups is 1. The number of benzene rings is 1. The van der Waals surface area contributed by atoms with Gasteiger partial charge in [-0.25, -0.2) is 5.84 Å². The van der Waals surface area contributed by atoms with Crippen LogP contribution in [0, 0.1) is 0 Å². The van der Waals surface area contributed by atoms with Crippen molar-refractivity contribution < 1.29 is 9.59 Å². The molecule has 1 aromatic rings. The van der Waals surface area contributed by atoms with Gasteiger partial charge in [0.05, 0.1) is 0 Å². The van der Waals surface area contributed by atoms with E-state index in [0.717, 1.165) is 5.56 Å². The molecule has 4 nitrogen and oxygen atoms in total. The first-order chi connectivity index (χ1) is 6.77. The van der Waals surface area contributed by atoms with Crippen LogP contribution in [0.4, 0.5) is 0 Å². The van der Waals surface area contributed by atoms with Crippen LogP contribution in [0.15, 0.2) is 30.3 Å². The van der Waals surface area contributed by atoms with Crippen molar-refractivity contribution in [1.82, 2.24) is 5.43 Å². The molecular weight excluding hydrogens is 180 g/mol. The van der Waals surface area contributed by atoms with E-state index in [-0.39, 0.29) is 5.91 Å². The SMILES string of the molecule is NNC(=O)c1cccc(C=CC=O)c1. The number of nitrogens with two attached hydrogens (primary N) is 1. The molecule has 0 heterocycles. The van der Waals surface area contributed by atoms with Crippen LogP contribution in [-0.2, 0) is 4.79 Å². The molecule has 0 aromatic heterocycles. The molecule has 0 atom stereocenters. The molecule has 0 aliphatic rings. The Balaban J connectivity index is 2.94. The molecule has 1 amide bonds. The van der Waals surface area contributed by atoms with Gasteiger partial charge in [-0.2, -0.15) is 0 Å². The van der Waals surface area contributed by atoms with E-state index in [1.54, 1.807) is 30.3 Å². The van der Waals surface area contributed by atoms with E-state index in [0.29, 0.717) is 11.8 Å². The summed E-state index contributed by atoms with van der Waals surface area (Å²) in [5.41, 5.74) is 3.27. The van der Waals surface area contributed by atoms with Crippen LogP contribution < -0.4 is 11.3 Å². The number of allylic oxidation sites excluding steroid dienone is 1. The first kappa shape index (κ1) is 10.1. The van der Waals surface area contributed by atoms with Gasteiger partial charge in [0.2, 0.25) is 0 Å². The van der Waals surface area contributed by atoms with E-state index in [1.165, 1.54) is 6.08 Å². The highest BCUT2D eigenvalue weighted by Gasteiger charge is 2.01. The van der Waals surface area contributed by atoms with Crippen molar-refractivity contribution in [2.24, 2.45) is 5.84 Å². The Labute approximate surface area is 81.4 Å². The van der Waals surface area contributed by atoms with Crippen molar-refractivity contribution in [2.75, 3.05) is 0 Å². The second kappa shape index (κ2) is 4.94. The fraction of sp³-hybridized carbons (Fsp3) is 0. The number of nitrogens with one attached hydrogen (secondary N) is 1. The molecule has 0 fully saturated rings. The van der Waals surface area contributed by atoms with Crippen LogP contribution in [0.1, 0.15) is 15.9 Å². The third kappa shape index (κ3) is 2.53. The summed E-state index contributed by atoms with van der Waals surface area (Å²) >= 11 is 0. The molecule has 1 aromatic carbocycles. The molecule has 3 N–H and O–H groups in total. The summed E-state index contributed by atoms with van der Waals surface area (Å²) in [5, 5.41) is 0. The third-order valence-electron chi connectivity index (χ3n) is 1.65. The Morgan fingerprint density at radius 3 is 2.86 bits per heavy atom. The second-order valence-electron chi connectivity index (χ2n) is 2.59. The van der Waals surface area contributed by atoms with Gasteiger partial charge in [0.15, 0.2) is 0 Å². The lowest BCUT2D eigenvalue weighted by molar-refractivity contribution is -0.104. The van der Waals surface area contributed by atoms with Gasteiger partial charge in [0.25, 0.3) is 5.91 Å². The Morgan fingerprint density at radius 2 is 2.21 bits per heavy atom. The minimum absolute atomic E-state index is 0.355. The average molecular weight is 190 g/mol. The first-order valence-electron chi connectivity index (χ1n) is 4.01. The Morgan fingerprint density at radius 1 is 1.43 bits per heavy atom. The van der Waals surface area contributed by atoms with E-state index in [2.05, 4.69) is 0 Å². The van der Waals surface area contributed by atoms with Gasteiger partial charge in [0.1, 0.15) is 6.29 Å². The first-order valence-corrected chi connectivity index (χ1v) is 4.01. The van der Waals surface area contributed by atoms with Gasteiger partial charge in [0, 0.05) is 5.56 Å². The molecule has 0 aliphatic carbocycles. The largest absolute Gasteiger partial charge is 0.299 e. The van der Waals surface area contributed by atoms with Crippen LogP contribution in [0.5, 0.6) is 0 Å². The number of hydrogen-bond acceptors (Lipinski definition) is 3. The number of carbonyl (C=O) groups is 2. The summed E-state index contributed by atoms with van der Waals surface area (Å²) in [6, 6.07) is 6.78. The second-order valence-corrected chi connectivity index (χ2v) is 2.59. The van der Waals surface area contributed by atoms with Gasteiger partial charge in [-0.05, 0) is 23.8 Å². The van der Waals surface area contributed by atoms with Gasteiger partial charge in [-0.3, -0.25) is 15.0 Å². The fourth-order valence-corrected chi connectivity index (χ4v) is 1.02. The summed E-state index contributed by atoms with van der Waals surface area (Å²) in [6.45, 7) is 0. The molecule has 0 radical (unpaired) electrons. The lowest BCUT2D eigenvalue weighted by Gasteiger charge is -1.99. The summed E-state index contributed by atoms with van der Waals surface area (Å²) in [4.78, 5) is 21.2. The number of carbonyl (C=O) groups excluding carboxylic acids is 2. The van der Waals surface area contributed by atoms with Crippen LogP contribution >= 0.6 is 0 Å². The molecule has 1 rings (SSSR count). The lowest BCUT2D eigenvalue weighted by atomic mass is 10.1. The quantitative estimate of drug-likeness (QED) is 0.240. The van der Waals surface area contributed by atoms with Crippen molar-refractivity contribution in [3.05, 3.63) is 41.5 Å². The maximum atomic E-state index is 11.1. The highest BCUT2D eigenvalue weighted by atomic mass is 16.2. The number of nitrogen functional groups attached to an aromatic ring is 1. The van der Waals surface area contributed by atoms with E-state index in [4.69, 9.17) is 5.84 Å². The summed E-state index contributed by atoms with van der Waals surface area (Å²) < 4.78 is 0. The molecule has 0 bridgehead atoms.